The fourth-order valence-electron chi connectivity index (χ4n) is 1.74. The number of carboxylic acid groups (broad SMARTS) is 1. The van der Waals surface area contributed by atoms with E-state index in [-0.39, 0.29) is 11.3 Å². The number of hydrogen-bond acceptors (Lipinski definition) is 4. The van der Waals surface area contributed by atoms with Gasteiger partial charge in [-0.3, -0.25) is 10.1 Å². The van der Waals surface area contributed by atoms with E-state index in [4.69, 9.17) is 16.7 Å². The summed E-state index contributed by atoms with van der Waals surface area (Å²) in [5, 5.41) is 20.5. The molecule has 7 heteroatoms. The molecule has 0 unspecified atom stereocenters. The molecule has 0 radical (unpaired) electrons. The quantitative estimate of drug-likeness (QED) is 0.666. The molecular formula is C14H10ClNO4S. The Kier molecular flexibility index (Phi) is 4.50. The Labute approximate surface area is 129 Å². The number of carboxylic acids is 1. The molecule has 0 aliphatic carbocycles. The van der Waals surface area contributed by atoms with Gasteiger partial charge in [0.25, 0.3) is 5.69 Å². The van der Waals surface area contributed by atoms with Gasteiger partial charge < -0.3 is 5.11 Å². The summed E-state index contributed by atoms with van der Waals surface area (Å²) < 4.78 is 0. The molecule has 0 saturated heterocycles. The van der Waals surface area contributed by atoms with Gasteiger partial charge in [-0.25, -0.2) is 4.79 Å². The normalized spacial score (nSPS) is 10.4. The van der Waals surface area contributed by atoms with Crippen LogP contribution in [0.1, 0.15) is 15.9 Å². The maximum atomic E-state index is 11.1. The number of rotatable bonds is 4. The molecule has 0 amide bonds. The van der Waals surface area contributed by atoms with Crippen LogP contribution in [-0.4, -0.2) is 16.0 Å². The lowest BCUT2D eigenvalue weighted by molar-refractivity contribution is -0.387. The molecule has 21 heavy (non-hydrogen) atoms. The first kappa shape index (κ1) is 15.3. The number of hydrogen-bond donors (Lipinski definition) is 1. The standard InChI is InChI=1S/C14H10ClNO4S/c1-8-2-4-10(7-11(8)14(17)18)21-13-6-9(15)3-5-12(13)16(19)20/h2-7H,1H3,(H,17,18). The second kappa shape index (κ2) is 6.15. The van der Waals surface area contributed by atoms with E-state index < -0.39 is 10.9 Å². The summed E-state index contributed by atoms with van der Waals surface area (Å²) >= 11 is 6.97. The zero-order valence-electron chi connectivity index (χ0n) is 10.9. The van der Waals surface area contributed by atoms with E-state index in [2.05, 4.69) is 0 Å². The minimum atomic E-state index is -1.03. The van der Waals surface area contributed by atoms with Crippen LogP contribution in [-0.2, 0) is 0 Å². The maximum Gasteiger partial charge on any atom is 0.335 e. The van der Waals surface area contributed by atoms with Crippen molar-refractivity contribution in [2.75, 3.05) is 0 Å². The van der Waals surface area contributed by atoms with Crippen molar-refractivity contribution in [1.29, 1.82) is 0 Å². The summed E-state index contributed by atoms with van der Waals surface area (Å²) in [6, 6.07) is 9.15. The van der Waals surface area contributed by atoms with Crippen molar-refractivity contribution in [1.82, 2.24) is 0 Å². The van der Waals surface area contributed by atoms with E-state index in [9.17, 15) is 14.9 Å². The van der Waals surface area contributed by atoms with E-state index in [0.717, 1.165) is 11.8 Å². The fourth-order valence-corrected chi connectivity index (χ4v) is 2.98. The molecule has 0 bridgehead atoms. The van der Waals surface area contributed by atoms with Gasteiger partial charge in [0.2, 0.25) is 0 Å². The summed E-state index contributed by atoms with van der Waals surface area (Å²) in [6.45, 7) is 1.69. The van der Waals surface area contributed by atoms with Gasteiger partial charge in [0.1, 0.15) is 0 Å². The molecule has 0 fully saturated rings. The summed E-state index contributed by atoms with van der Waals surface area (Å²) in [6.07, 6.45) is 0. The molecule has 0 aromatic heterocycles. The molecular weight excluding hydrogens is 314 g/mol. The number of halogens is 1. The molecule has 0 heterocycles. The van der Waals surface area contributed by atoms with E-state index in [0.29, 0.717) is 20.4 Å². The van der Waals surface area contributed by atoms with Gasteiger partial charge in [-0.15, -0.1) is 0 Å². The lowest BCUT2D eigenvalue weighted by atomic mass is 10.1. The Hall–Kier alpha value is -2.05. The highest BCUT2D eigenvalue weighted by atomic mass is 35.5. The van der Waals surface area contributed by atoms with Gasteiger partial charge in [-0.2, -0.15) is 0 Å². The summed E-state index contributed by atoms with van der Waals surface area (Å²) in [5.41, 5.74) is 0.735. The Bertz CT molecular complexity index is 733. The monoisotopic (exact) mass is 323 g/mol. The molecule has 5 nitrogen and oxygen atoms in total. The van der Waals surface area contributed by atoms with E-state index >= 15 is 0 Å². The molecule has 0 atom stereocenters. The van der Waals surface area contributed by atoms with Gasteiger partial charge in [0.05, 0.1) is 15.4 Å². The van der Waals surface area contributed by atoms with Crippen molar-refractivity contribution >= 4 is 35.0 Å². The third-order valence-corrected chi connectivity index (χ3v) is 4.06. The average Bonchev–Trinajstić information content (AvgIpc) is 2.40. The zero-order chi connectivity index (χ0) is 15.6. The van der Waals surface area contributed by atoms with Crippen LogP contribution in [0.5, 0.6) is 0 Å². The Morgan fingerprint density at radius 1 is 1.29 bits per heavy atom. The molecule has 1 N–H and O–H groups in total. The van der Waals surface area contributed by atoms with Gasteiger partial charge in [-0.1, -0.05) is 29.4 Å². The highest BCUT2D eigenvalue weighted by molar-refractivity contribution is 7.99. The van der Waals surface area contributed by atoms with Crippen molar-refractivity contribution in [3.8, 4) is 0 Å². The molecule has 0 aliphatic rings. The molecule has 0 spiro atoms. The zero-order valence-corrected chi connectivity index (χ0v) is 12.4. The van der Waals surface area contributed by atoms with E-state index in [1.54, 1.807) is 19.1 Å². The minimum absolute atomic E-state index is 0.0677. The Morgan fingerprint density at radius 2 is 2.00 bits per heavy atom. The lowest BCUT2D eigenvalue weighted by Gasteiger charge is -2.06. The van der Waals surface area contributed by atoms with Gasteiger partial charge in [-0.05, 0) is 36.8 Å². The highest BCUT2D eigenvalue weighted by Crippen LogP contribution is 2.37. The van der Waals surface area contributed by atoms with Crippen LogP contribution >= 0.6 is 23.4 Å². The molecule has 0 aliphatic heterocycles. The van der Waals surface area contributed by atoms with Crippen LogP contribution in [0.4, 0.5) is 5.69 Å². The number of aryl methyl sites for hydroxylation is 1. The Morgan fingerprint density at radius 3 is 2.62 bits per heavy atom. The predicted octanol–water partition coefficient (Wildman–Crippen LogP) is 4.41. The average molecular weight is 324 g/mol. The highest BCUT2D eigenvalue weighted by Gasteiger charge is 2.16. The fraction of sp³-hybridized carbons (Fsp3) is 0.0714. The third-order valence-electron chi connectivity index (χ3n) is 2.79. The molecule has 2 aromatic rings. The molecule has 0 saturated carbocycles. The lowest BCUT2D eigenvalue weighted by Crippen LogP contribution is -1.99. The Balaban J connectivity index is 2.43. The first-order valence-corrected chi connectivity index (χ1v) is 7.03. The maximum absolute atomic E-state index is 11.1. The van der Waals surface area contributed by atoms with Crippen molar-refractivity contribution < 1.29 is 14.8 Å². The van der Waals surface area contributed by atoms with Gasteiger partial charge >= 0.3 is 5.97 Å². The van der Waals surface area contributed by atoms with Crippen LogP contribution in [0, 0.1) is 17.0 Å². The van der Waals surface area contributed by atoms with E-state index in [1.807, 2.05) is 0 Å². The number of nitro groups is 1. The smallest absolute Gasteiger partial charge is 0.335 e. The van der Waals surface area contributed by atoms with Crippen LogP contribution < -0.4 is 0 Å². The second-order valence-electron chi connectivity index (χ2n) is 4.25. The summed E-state index contributed by atoms with van der Waals surface area (Å²) in [4.78, 5) is 22.6. The van der Waals surface area contributed by atoms with Crippen LogP contribution in [0.2, 0.25) is 5.02 Å². The van der Waals surface area contributed by atoms with Crippen LogP contribution in [0.25, 0.3) is 0 Å². The predicted molar refractivity (Wildman–Crippen MR) is 80.4 cm³/mol. The topological polar surface area (TPSA) is 80.4 Å². The van der Waals surface area contributed by atoms with Crippen molar-refractivity contribution in [2.24, 2.45) is 0 Å². The minimum Gasteiger partial charge on any atom is -0.478 e. The first-order chi connectivity index (χ1) is 9.88. The van der Waals surface area contributed by atoms with Crippen molar-refractivity contribution in [3.05, 3.63) is 62.7 Å². The number of aromatic carboxylic acids is 1. The van der Waals surface area contributed by atoms with Crippen LogP contribution in [0.3, 0.4) is 0 Å². The van der Waals surface area contributed by atoms with Crippen molar-refractivity contribution in [2.45, 2.75) is 16.7 Å². The van der Waals surface area contributed by atoms with Gasteiger partial charge in [0.15, 0.2) is 0 Å². The number of nitro benzene ring substituents is 1. The second-order valence-corrected chi connectivity index (χ2v) is 5.80. The number of benzene rings is 2. The largest absolute Gasteiger partial charge is 0.478 e. The van der Waals surface area contributed by atoms with Crippen LogP contribution in [0.15, 0.2) is 46.2 Å². The third kappa shape index (κ3) is 3.53. The van der Waals surface area contributed by atoms with Gasteiger partial charge in [0, 0.05) is 16.0 Å². The first-order valence-electron chi connectivity index (χ1n) is 5.84. The molecule has 2 aromatic carbocycles. The van der Waals surface area contributed by atoms with Crippen molar-refractivity contribution in [3.63, 3.8) is 0 Å². The molecule has 108 valence electrons. The summed E-state index contributed by atoms with van der Waals surface area (Å²) in [5.74, 6) is -1.03. The SMILES string of the molecule is Cc1ccc(Sc2cc(Cl)ccc2[N+](=O)[O-])cc1C(=O)O. The number of carbonyl (C=O) groups is 1. The van der Waals surface area contributed by atoms with E-state index in [1.165, 1.54) is 24.3 Å². The number of nitrogens with zero attached hydrogens (tertiary/aromatic N) is 1. The summed E-state index contributed by atoms with van der Waals surface area (Å²) in [7, 11) is 0. The molecule has 2 rings (SSSR count).